The summed E-state index contributed by atoms with van der Waals surface area (Å²) in [7, 11) is 1.23. The predicted octanol–water partition coefficient (Wildman–Crippen LogP) is 3.03. The van der Waals surface area contributed by atoms with Gasteiger partial charge < -0.3 is 14.0 Å². The summed E-state index contributed by atoms with van der Waals surface area (Å²) < 4.78 is 17.2. The van der Waals surface area contributed by atoms with Gasteiger partial charge in [-0.25, -0.2) is 0 Å². The number of ether oxygens (including phenoxy) is 1. The first kappa shape index (κ1) is 16.4. The standard InChI is InChI=1S/C15H22BNO3S/c1-14(2)15(3,4)20-16(19-14)11(10-21)8-12-6-7-13(18-5)9-17-12/h6-9,21H,10H2,1-5H3. The second-order valence-electron chi connectivity index (χ2n) is 6.09. The minimum atomic E-state index is -0.392. The second kappa shape index (κ2) is 6.03. The molecule has 0 amide bonds. The normalized spacial score (nSPS) is 20.7. The predicted molar refractivity (Wildman–Crippen MR) is 88.7 cm³/mol. The van der Waals surface area contributed by atoms with Gasteiger partial charge >= 0.3 is 7.12 Å². The highest BCUT2D eigenvalue weighted by atomic mass is 32.1. The number of thiol groups is 1. The molecule has 0 N–H and O–H groups in total. The fourth-order valence-corrected chi connectivity index (χ4v) is 2.21. The van der Waals surface area contributed by atoms with E-state index in [1.807, 2.05) is 45.9 Å². The summed E-state index contributed by atoms with van der Waals surface area (Å²) in [5.74, 6) is 1.28. The molecule has 0 spiro atoms. The van der Waals surface area contributed by atoms with Crippen LogP contribution in [0.15, 0.2) is 23.8 Å². The SMILES string of the molecule is COc1ccc(C=C(CS)B2OC(C)(C)C(C)(C)O2)nc1. The van der Waals surface area contributed by atoms with Crippen molar-refractivity contribution in [1.29, 1.82) is 0 Å². The van der Waals surface area contributed by atoms with Crippen LogP contribution in [0.4, 0.5) is 0 Å². The fourth-order valence-electron chi connectivity index (χ4n) is 1.97. The molecule has 114 valence electrons. The topological polar surface area (TPSA) is 40.6 Å². The van der Waals surface area contributed by atoms with Gasteiger partial charge in [0.25, 0.3) is 0 Å². The van der Waals surface area contributed by atoms with E-state index in [9.17, 15) is 0 Å². The van der Waals surface area contributed by atoms with Crippen molar-refractivity contribution in [3.05, 3.63) is 29.5 Å². The minimum absolute atomic E-state index is 0.354. The molecule has 1 aliphatic heterocycles. The number of hydrogen-bond donors (Lipinski definition) is 1. The monoisotopic (exact) mass is 307 g/mol. The first-order valence-electron chi connectivity index (χ1n) is 6.96. The molecule has 4 nitrogen and oxygen atoms in total. The number of methoxy groups -OCH3 is 1. The third-order valence-electron chi connectivity index (χ3n) is 4.07. The molecule has 0 unspecified atom stereocenters. The zero-order chi connectivity index (χ0) is 15.7. The van der Waals surface area contributed by atoms with E-state index < -0.39 is 7.12 Å². The van der Waals surface area contributed by atoms with Crippen molar-refractivity contribution in [2.24, 2.45) is 0 Å². The average molecular weight is 307 g/mol. The number of aromatic nitrogens is 1. The van der Waals surface area contributed by atoms with Crippen molar-refractivity contribution >= 4 is 25.8 Å². The van der Waals surface area contributed by atoms with Gasteiger partial charge in [-0.3, -0.25) is 4.98 Å². The maximum atomic E-state index is 6.04. The Morgan fingerprint density at radius 1 is 1.29 bits per heavy atom. The Morgan fingerprint density at radius 3 is 2.33 bits per heavy atom. The van der Waals surface area contributed by atoms with Crippen molar-refractivity contribution in [2.45, 2.75) is 38.9 Å². The van der Waals surface area contributed by atoms with Gasteiger partial charge in [0, 0.05) is 5.75 Å². The number of rotatable bonds is 4. The molecule has 6 heteroatoms. The van der Waals surface area contributed by atoms with E-state index in [1.54, 1.807) is 13.3 Å². The van der Waals surface area contributed by atoms with Crippen LogP contribution in [-0.2, 0) is 9.31 Å². The molecule has 1 aliphatic rings. The van der Waals surface area contributed by atoms with Gasteiger partial charge in [0.15, 0.2) is 0 Å². The first-order chi connectivity index (χ1) is 9.79. The van der Waals surface area contributed by atoms with E-state index in [1.165, 1.54) is 0 Å². The van der Waals surface area contributed by atoms with Crippen LogP contribution in [0, 0.1) is 0 Å². The molecule has 0 aromatic carbocycles. The summed E-state index contributed by atoms with van der Waals surface area (Å²) in [4.78, 5) is 4.33. The van der Waals surface area contributed by atoms with Gasteiger partial charge in [0.1, 0.15) is 5.75 Å². The average Bonchev–Trinajstić information content (AvgIpc) is 2.65. The molecular formula is C15H22BNO3S. The van der Waals surface area contributed by atoms with Crippen LogP contribution in [0.1, 0.15) is 33.4 Å². The van der Waals surface area contributed by atoms with Gasteiger partial charge in [-0.05, 0) is 51.4 Å². The summed E-state index contributed by atoms with van der Waals surface area (Å²) in [5, 5.41) is 0. The summed E-state index contributed by atoms with van der Waals surface area (Å²) in [6, 6.07) is 3.77. The maximum Gasteiger partial charge on any atom is 0.491 e. The number of nitrogens with zero attached hydrogens (tertiary/aromatic N) is 1. The Morgan fingerprint density at radius 2 is 1.90 bits per heavy atom. The van der Waals surface area contributed by atoms with E-state index in [-0.39, 0.29) is 11.2 Å². The molecule has 0 radical (unpaired) electrons. The number of hydrogen-bond acceptors (Lipinski definition) is 5. The molecule has 1 saturated heterocycles. The van der Waals surface area contributed by atoms with E-state index in [0.29, 0.717) is 5.75 Å². The number of pyridine rings is 1. The van der Waals surface area contributed by atoms with Crippen LogP contribution in [0.2, 0.25) is 0 Å². The Hall–Kier alpha value is -0.975. The quantitative estimate of drug-likeness (QED) is 0.686. The summed E-state index contributed by atoms with van der Waals surface area (Å²) in [6.07, 6.45) is 3.64. The molecule has 1 aromatic heterocycles. The van der Waals surface area contributed by atoms with E-state index in [0.717, 1.165) is 16.9 Å². The molecule has 1 fully saturated rings. The molecule has 0 atom stereocenters. The smallest absolute Gasteiger partial charge is 0.491 e. The van der Waals surface area contributed by atoms with Crippen molar-refractivity contribution < 1.29 is 14.0 Å². The minimum Gasteiger partial charge on any atom is -0.495 e. The van der Waals surface area contributed by atoms with Gasteiger partial charge in [-0.1, -0.05) is 0 Å². The lowest BCUT2D eigenvalue weighted by molar-refractivity contribution is 0.00578. The fraction of sp³-hybridized carbons (Fsp3) is 0.533. The Balaban J connectivity index is 2.22. The molecule has 21 heavy (non-hydrogen) atoms. The zero-order valence-corrected chi connectivity index (χ0v) is 14.1. The van der Waals surface area contributed by atoms with Gasteiger partial charge in [-0.2, -0.15) is 12.6 Å². The molecule has 2 heterocycles. The Labute approximate surface area is 132 Å². The molecule has 2 rings (SSSR count). The van der Waals surface area contributed by atoms with Crippen molar-refractivity contribution in [3.63, 3.8) is 0 Å². The van der Waals surface area contributed by atoms with Gasteiger partial charge in [0.2, 0.25) is 0 Å². The summed E-state index contributed by atoms with van der Waals surface area (Å²) in [5.41, 5.74) is 1.07. The second-order valence-corrected chi connectivity index (χ2v) is 6.40. The molecule has 1 aromatic rings. The molecule has 0 saturated carbocycles. The third kappa shape index (κ3) is 3.44. The van der Waals surface area contributed by atoms with Crippen LogP contribution in [0.25, 0.3) is 6.08 Å². The lowest BCUT2D eigenvalue weighted by Crippen LogP contribution is -2.41. The van der Waals surface area contributed by atoms with E-state index >= 15 is 0 Å². The van der Waals surface area contributed by atoms with Crippen LogP contribution in [0.3, 0.4) is 0 Å². The Kier molecular flexibility index (Phi) is 4.71. The first-order valence-corrected chi connectivity index (χ1v) is 7.59. The van der Waals surface area contributed by atoms with Crippen molar-refractivity contribution in [2.75, 3.05) is 12.9 Å². The molecule has 0 bridgehead atoms. The maximum absolute atomic E-state index is 6.04. The highest BCUT2D eigenvalue weighted by molar-refractivity contribution is 7.80. The lowest BCUT2D eigenvalue weighted by atomic mass is 9.78. The Bertz CT molecular complexity index is 512. The highest BCUT2D eigenvalue weighted by Crippen LogP contribution is 2.38. The van der Waals surface area contributed by atoms with E-state index in [2.05, 4.69) is 17.6 Å². The van der Waals surface area contributed by atoms with Gasteiger partial charge in [0.05, 0.1) is 30.2 Å². The van der Waals surface area contributed by atoms with Gasteiger partial charge in [-0.15, -0.1) is 0 Å². The largest absolute Gasteiger partial charge is 0.495 e. The molecular weight excluding hydrogens is 285 g/mol. The van der Waals surface area contributed by atoms with Crippen LogP contribution in [-0.4, -0.2) is 36.2 Å². The molecule has 0 aliphatic carbocycles. The third-order valence-corrected chi connectivity index (χ3v) is 4.43. The van der Waals surface area contributed by atoms with Crippen LogP contribution < -0.4 is 4.74 Å². The highest BCUT2D eigenvalue weighted by Gasteiger charge is 2.52. The van der Waals surface area contributed by atoms with Crippen LogP contribution >= 0.6 is 12.6 Å². The summed E-state index contributed by atoms with van der Waals surface area (Å²) >= 11 is 4.39. The van der Waals surface area contributed by atoms with Crippen LogP contribution in [0.5, 0.6) is 5.75 Å². The summed E-state index contributed by atoms with van der Waals surface area (Å²) in [6.45, 7) is 8.15. The van der Waals surface area contributed by atoms with Crippen molar-refractivity contribution in [3.8, 4) is 5.75 Å². The lowest BCUT2D eigenvalue weighted by Gasteiger charge is -2.32. The van der Waals surface area contributed by atoms with Crippen molar-refractivity contribution in [1.82, 2.24) is 4.98 Å². The zero-order valence-electron chi connectivity index (χ0n) is 13.2. The van der Waals surface area contributed by atoms with E-state index in [4.69, 9.17) is 14.0 Å².